The number of pyridine rings is 2. The second kappa shape index (κ2) is 8.39. The number of anilines is 2. The highest BCUT2D eigenvalue weighted by atomic mass is 16.3. The van der Waals surface area contributed by atoms with Gasteiger partial charge in [-0.15, -0.1) is 0 Å². The van der Waals surface area contributed by atoms with Gasteiger partial charge in [-0.2, -0.15) is 0 Å². The molecule has 1 saturated heterocycles. The van der Waals surface area contributed by atoms with E-state index in [0.29, 0.717) is 28.6 Å². The maximum Gasteiger partial charge on any atom is 0.129 e. The first-order chi connectivity index (χ1) is 15.2. The van der Waals surface area contributed by atoms with Crippen LogP contribution in [0.3, 0.4) is 0 Å². The third-order valence-corrected chi connectivity index (χ3v) is 5.85. The molecule has 32 heavy (non-hydrogen) atoms. The summed E-state index contributed by atoms with van der Waals surface area (Å²) in [6, 6.07) is 10.2. The second-order valence-electron chi connectivity index (χ2n) is 9.52. The number of hydrogen-bond donors (Lipinski definition) is 3. The number of phenols is 1. The molecule has 1 aliphatic heterocycles. The fourth-order valence-electron chi connectivity index (χ4n) is 4.31. The zero-order chi connectivity index (χ0) is 23.0. The fourth-order valence-corrected chi connectivity index (χ4v) is 4.31. The molecule has 7 heteroatoms. The topological polar surface area (TPSA) is 99.7 Å². The van der Waals surface area contributed by atoms with Crippen molar-refractivity contribution in [2.45, 2.75) is 45.7 Å². The smallest absolute Gasteiger partial charge is 0.129 e. The van der Waals surface area contributed by atoms with E-state index in [1.165, 1.54) is 0 Å². The van der Waals surface area contributed by atoms with Gasteiger partial charge in [-0.3, -0.25) is 4.99 Å². The molecule has 3 aromatic rings. The number of rotatable bonds is 4. The lowest BCUT2D eigenvalue weighted by atomic mass is 10.00. The SMILES string of the molecule is CN=Cc1cc(-c2ccc3nc(N4CC[C@@H](NC(C)(C)C)C4)ccc3n2)c(O)c(C)c1N. The van der Waals surface area contributed by atoms with Crippen molar-refractivity contribution in [1.29, 1.82) is 0 Å². The molecule has 4 N–H and O–H groups in total. The van der Waals surface area contributed by atoms with E-state index in [2.05, 4.69) is 36.0 Å². The summed E-state index contributed by atoms with van der Waals surface area (Å²) in [5.74, 6) is 1.11. The number of benzene rings is 1. The predicted molar refractivity (Wildman–Crippen MR) is 133 cm³/mol. The van der Waals surface area contributed by atoms with Crippen LogP contribution in [0, 0.1) is 6.92 Å². The highest BCUT2D eigenvalue weighted by Gasteiger charge is 2.26. The Hall–Kier alpha value is -3.19. The average Bonchev–Trinajstić information content (AvgIpc) is 3.20. The Morgan fingerprint density at radius 2 is 1.91 bits per heavy atom. The van der Waals surface area contributed by atoms with Gasteiger partial charge in [-0.05, 0) is 64.4 Å². The Morgan fingerprint density at radius 3 is 2.62 bits per heavy atom. The zero-order valence-corrected chi connectivity index (χ0v) is 19.5. The van der Waals surface area contributed by atoms with E-state index in [9.17, 15) is 5.11 Å². The van der Waals surface area contributed by atoms with E-state index in [-0.39, 0.29) is 11.3 Å². The number of hydrogen-bond acceptors (Lipinski definition) is 7. The Morgan fingerprint density at radius 1 is 1.19 bits per heavy atom. The van der Waals surface area contributed by atoms with Crippen LogP contribution in [-0.2, 0) is 0 Å². The first-order valence-electron chi connectivity index (χ1n) is 11.0. The van der Waals surface area contributed by atoms with E-state index in [4.69, 9.17) is 15.7 Å². The van der Waals surface area contributed by atoms with Crippen LogP contribution in [0.25, 0.3) is 22.3 Å². The molecule has 1 fully saturated rings. The Bertz CT molecular complexity index is 1180. The standard InChI is InChI=1S/C25H32N6O/c1-15-23(26)16(13-27-5)12-18(24(15)32)19-6-7-21-20(28-19)8-9-22(29-21)31-11-10-17(14-31)30-25(2,3)4/h6-9,12-13,17,30,32H,10-11,14,26H2,1-5H3/t17-/m1/s1. The molecule has 0 radical (unpaired) electrons. The van der Waals surface area contributed by atoms with Crippen molar-refractivity contribution >= 4 is 28.8 Å². The number of fused-ring (bicyclic) bond motifs is 1. The third kappa shape index (κ3) is 4.39. The monoisotopic (exact) mass is 432 g/mol. The summed E-state index contributed by atoms with van der Waals surface area (Å²) < 4.78 is 0. The minimum Gasteiger partial charge on any atom is -0.507 e. The van der Waals surface area contributed by atoms with Crippen LogP contribution in [0.15, 0.2) is 35.3 Å². The highest BCUT2D eigenvalue weighted by Crippen LogP contribution is 2.36. The highest BCUT2D eigenvalue weighted by molar-refractivity contribution is 5.93. The number of nitrogens with one attached hydrogen (secondary N) is 1. The third-order valence-electron chi connectivity index (χ3n) is 5.85. The molecule has 1 aliphatic rings. The largest absolute Gasteiger partial charge is 0.507 e. The van der Waals surface area contributed by atoms with Gasteiger partial charge in [0.1, 0.15) is 11.6 Å². The number of nitrogen functional groups attached to an aromatic ring is 1. The number of phenolic OH excluding ortho intramolecular Hbond substituents is 1. The van der Waals surface area contributed by atoms with Crippen LogP contribution >= 0.6 is 0 Å². The molecule has 7 nitrogen and oxygen atoms in total. The van der Waals surface area contributed by atoms with Crippen LogP contribution < -0.4 is 16.0 Å². The molecule has 0 unspecified atom stereocenters. The molecule has 0 amide bonds. The molecular weight excluding hydrogens is 400 g/mol. The quantitative estimate of drug-likeness (QED) is 0.427. The van der Waals surface area contributed by atoms with Gasteiger partial charge < -0.3 is 21.1 Å². The minimum absolute atomic E-state index is 0.104. The first kappa shape index (κ1) is 22.0. The molecule has 0 saturated carbocycles. The summed E-state index contributed by atoms with van der Waals surface area (Å²) in [5, 5.41) is 14.4. The summed E-state index contributed by atoms with van der Waals surface area (Å²) >= 11 is 0. The predicted octanol–water partition coefficient (Wildman–Crippen LogP) is 3.91. The van der Waals surface area contributed by atoms with Crippen molar-refractivity contribution < 1.29 is 5.11 Å². The summed E-state index contributed by atoms with van der Waals surface area (Å²) in [5.41, 5.74) is 11.1. The minimum atomic E-state index is 0.104. The molecule has 168 valence electrons. The maximum atomic E-state index is 10.7. The van der Waals surface area contributed by atoms with Crippen molar-refractivity contribution in [2.75, 3.05) is 30.8 Å². The normalized spacial score (nSPS) is 17.0. The van der Waals surface area contributed by atoms with Crippen molar-refractivity contribution in [2.24, 2.45) is 4.99 Å². The van der Waals surface area contributed by atoms with Gasteiger partial charge in [0.25, 0.3) is 0 Å². The summed E-state index contributed by atoms with van der Waals surface area (Å²) in [6.07, 6.45) is 2.80. The summed E-state index contributed by atoms with van der Waals surface area (Å²) in [7, 11) is 1.70. The first-order valence-corrected chi connectivity index (χ1v) is 11.0. The van der Waals surface area contributed by atoms with E-state index in [1.807, 2.05) is 30.3 Å². The van der Waals surface area contributed by atoms with Gasteiger partial charge in [-0.25, -0.2) is 9.97 Å². The van der Waals surface area contributed by atoms with Crippen LogP contribution in [0.1, 0.15) is 38.3 Å². The number of nitrogens with zero attached hydrogens (tertiary/aromatic N) is 4. The van der Waals surface area contributed by atoms with Crippen LogP contribution in [-0.4, -0.2) is 53.0 Å². The average molecular weight is 433 g/mol. The lowest BCUT2D eigenvalue weighted by Crippen LogP contribution is -2.44. The lowest BCUT2D eigenvalue weighted by Gasteiger charge is -2.26. The molecule has 0 spiro atoms. The van der Waals surface area contributed by atoms with Gasteiger partial charge in [0, 0.05) is 60.3 Å². The number of nitrogens with two attached hydrogens (primary N) is 1. The Labute approximate surface area is 189 Å². The van der Waals surface area contributed by atoms with Gasteiger partial charge in [0.2, 0.25) is 0 Å². The molecule has 1 aromatic carbocycles. The van der Waals surface area contributed by atoms with Crippen molar-refractivity contribution in [3.05, 3.63) is 41.5 Å². The molecule has 4 rings (SSSR count). The van der Waals surface area contributed by atoms with Gasteiger partial charge >= 0.3 is 0 Å². The van der Waals surface area contributed by atoms with E-state index >= 15 is 0 Å². The van der Waals surface area contributed by atoms with Gasteiger partial charge in [0.05, 0.1) is 16.7 Å². The Balaban J connectivity index is 1.63. The zero-order valence-electron chi connectivity index (χ0n) is 19.5. The Kier molecular flexibility index (Phi) is 5.77. The van der Waals surface area contributed by atoms with Crippen molar-refractivity contribution in [3.63, 3.8) is 0 Å². The van der Waals surface area contributed by atoms with E-state index in [0.717, 1.165) is 41.9 Å². The molecular formula is C25H32N6O. The lowest BCUT2D eigenvalue weighted by molar-refractivity contribution is 0.373. The van der Waals surface area contributed by atoms with Gasteiger partial charge in [-0.1, -0.05) is 0 Å². The number of aliphatic imine (C=N–C) groups is 1. The van der Waals surface area contributed by atoms with E-state index < -0.39 is 0 Å². The van der Waals surface area contributed by atoms with Crippen LogP contribution in [0.4, 0.5) is 11.5 Å². The molecule has 0 aliphatic carbocycles. The maximum absolute atomic E-state index is 10.7. The summed E-state index contributed by atoms with van der Waals surface area (Å²) in [4.78, 5) is 16.0. The molecule has 0 bridgehead atoms. The van der Waals surface area contributed by atoms with Crippen molar-refractivity contribution in [3.8, 4) is 17.0 Å². The summed E-state index contributed by atoms with van der Waals surface area (Å²) in [6.45, 7) is 10.3. The fraction of sp³-hybridized carbons (Fsp3) is 0.400. The van der Waals surface area contributed by atoms with Gasteiger partial charge in [0.15, 0.2) is 0 Å². The van der Waals surface area contributed by atoms with Crippen LogP contribution in [0.5, 0.6) is 5.75 Å². The second-order valence-corrected chi connectivity index (χ2v) is 9.52. The number of aromatic nitrogens is 2. The van der Waals surface area contributed by atoms with E-state index in [1.54, 1.807) is 20.2 Å². The molecule has 2 aromatic heterocycles. The van der Waals surface area contributed by atoms with Crippen LogP contribution in [0.2, 0.25) is 0 Å². The molecule has 1 atom stereocenters. The number of aromatic hydroxyl groups is 1. The van der Waals surface area contributed by atoms with Crippen molar-refractivity contribution in [1.82, 2.24) is 15.3 Å². The molecule has 3 heterocycles.